The number of unbranched alkanes of at least 4 members (excludes halogenated alkanes) is 1. The molecule has 7 nitrogen and oxygen atoms in total. The monoisotopic (exact) mass is 358 g/mol. The van der Waals surface area contributed by atoms with Crippen LogP contribution in [0.4, 0.5) is 5.69 Å². The number of amides is 1. The zero-order chi connectivity index (χ0) is 16.0. The molecule has 0 radical (unpaired) electrons. The largest absolute Gasteiger partial charge is 0.480 e. The zero-order valence-corrected chi connectivity index (χ0v) is 12.9. The summed E-state index contributed by atoms with van der Waals surface area (Å²) >= 11 is 3.09. The van der Waals surface area contributed by atoms with Crippen LogP contribution >= 0.6 is 15.9 Å². The van der Waals surface area contributed by atoms with Gasteiger partial charge in [0.2, 0.25) is 0 Å². The number of carbonyl (C=O) groups excluding carboxylic acids is 1. The lowest BCUT2D eigenvalue weighted by Crippen LogP contribution is -2.40. The average molecular weight is 359 g/mol. The van der Waals surface area contributed by atoms with Crippen molar-refractivity contribution in [3.63, 3.8) is 0 Å². The van der Waals surface area contributed by atoms with Crippen LogP contribution in [0.25, 0.3) is 0 Å². The van der Waals surface area contributed by atoms with Gasteiger partial charge in [-0.1, -0.05) is 35.7 Å². The molecule has 1 unspecified atom stereocenters. The van der Waals surface area contributed by atoms with Gasteiger partial charge in [0.25, 0.3) is 11.6 Å². The number of halogens is 1. The molecule has 0 saturated heterocycles. The first-order valence-electron chi connectivity index (χ1n) is 6.33. The normalized spacial score (nSPS) is 11.7. The molecule has 0 aromatic heterocycles. The summed E-state index contributed by atoms with van der Waals surface area (Å²) < 4.78 is 0.377. The topological polar surface area (TPSA) is 110 Å². The van der Waals surface area contributed by atoms with Gasteiger partial charge in [0.15, 0.2) is 0 Å². The second-order valence-corrected chi connectivity index (χ2v) is 5.38. The highest BCUT2D eigenvalue weighted by Crippen LogP contribution is 2.21. The van der Waals surface area contributed by atoms with Gasteiger partial charge in [-0.3, -0.25) is 14.9 Å². The molecular formula is C13H15BrN2O5. The molecule has 21 heavy (non-hydrogen) atoms. The molecule has 0 fully saturated rings. The van der Waals surface area contributed by atoms with E-state index < -0.39 is 22.8 Å². The predicted octanol–water partition coefficient (Wildman–Crippen LogP) is 2.73. The molecule has 2 N–H and O–H groups in total. The number of carbonyl (C=O) groups is 2. The van der Waals surface area contributed by atoms with Crippen LogP contribution < -0.4 is 5.32 Å². The van der Waals surface area contributed by atoms with Crippen molar-refractivity contribution in [3.05, 3.63) is 38.3 Å². The first-order valence-corrected chi connectivity index (χ1v) is 7.13. The first kappa shape index (κ1) is 17.1. The fourth-order valence-corrected chi connectivity index (χ4v) is 2.20. The minimum atomic E-state index is -1.12. The Morgan fingerprint density at radius 1 is 1.43 bits per heavy atom. The third-order valence-electron chi connectivity index (χ3n) is 2.81. The van der Waals surface area contributed by atoms with Gasteiger partial charge >= 0.3 is 5.97 Å². The van der Waals surface area contributed by atoms with Crippen molar-refractivity contribution in [1.82, 2.24) is 5.32 Å². The maximum Gasteiger partial charge on any atom is 0.326 e. The highest BCUT2D eigenvalue weighted by Gasteiger charge is 2.21. The molecule has 0 aliphatic heterocycles. The van der Waals surface area contributed by atoms with E-state index in [0.29, 0.717) is 17.3 Å². The molecule has 1 rings (SSSR count). The Morgan fingerprint density at radius 2 is 2.10 bits per heavy atom. The standard InChI is InChI=1S/C13H15BrN2O5/c1-2-3-4-11(13(18)19)15-12(17)8-5-9(14)7-10(6-8)16(20)21/h5-7,11H,2-4H2,1H3,(H,15,17)(H,18,19). The van der Waals surface area contributed by atoms with Gasteiger partial charge in [0.05, 0.1) is 4.92 Å². The lowest BCUT2D eigenvalue weighted by atomic mass is 10.1. The van der Waals surface area contributed by atoms with Crippen LogP contribution in [0.2, 0.25) is 0 Å². The van der Waals surface area contributed by atoms with E-state index >= 15 is 0 Å². The summed E-state index contributed by atoms with van der Waals surface area (Å²) in [5.74, 6) is -1.77. The average Bonchev–Trinajstić information content (AvgIpc) is 2.42. The molecular weight excluding hydrogens is 344 g/mol. The Hall–Kier alpha value is -1.96. The van der Waals surface area contributed by atoms with Gasteiger partial charge in [-0.25, -0.2) is 4.79 Å². The first-order chi connectivity index (χ1) is 9.85. The van der Waals surface area contributed by atoms with E-state index in [-0.39, 0.29) is 11.3 Å². The molecule has 0 saturated carbocycles. The van der Waals surface area contributed by atoms with Crippen LogP contribution in [0.5, 0.6) is 0 Å². The molecule has 8 heteroatoms. The number of hydrogen-bond donors (Lipinski definition) is 2. The van der Waals surface area contributed by atoms with Crippen LogP contribution in [0.15, 0.2) is 22.7 Å². The maximum absolute atomic E-state index is 12.0. The predicted molar refractivity (Wildman–Crippen MR) is 79.2 cm³/mol. The smallest absolute Gasteiger partial charge is 0.326 e. The lowest BCUT2D eigenvalue weighted by Gasteiger charge is -2.14. The number of nitrogens with one attached hydrogen (secondary N) is 1. The number of carboxylic acid groups (broad SMARTS) is 1. The number of rotatable bonds is 7. The van der Waals surface area contributed by atoms with E-state index in [1.54, 1.807) is 0 Å². The van der Waals surface area contributed by atoms with E-state index in [0.717, 1.165) is 12.5 Å². The lowest BCUT2D eigenvalue weighted by molar-refractivity contribution is -0.385. The van der Waals surface area contributed by atoms with E-state index in [9.17, 15) is 19.7 Å². The van der Waals surface area contributed by atoms with Crippen molar-refractivity contribution >= 4 is 33.5 Å². The van der Waals surface area contributed by atoms with Gasteiger partial charge in [-0.05, 0) is 12.5 Å². The zero-order valence-electron chi connectivity index (χ0n) is 11.3. The van der Waals surface area contributed by atoms with Crippen LogP contribution in [0.1, 0.15) is 36.5 Å². The van der Waals surface area contributed by atoms with Crippen molar-refractivity contribution in [2.75, 3.05) is 0 Å². The molecule has 1 amide bonds. The number of aliphatic carboxylic acids is 1. The summed E-state index contributed by atoms with van der Waals surface area (Å²) in [5, 5.41) is 22.2. The minimum absolute atomic E-state index is 0.0406. The molecule has 1 aromatic carbocycles. The second kappa shape index (κ2) is 7.72. The Balaban J connectivity index is 2.92. The van der Waals surface area contributed by atoms with E-state index in [4.69, 9.17) is 5.11 Å². The van der Waals surface area contributed by atoms with Crippen LogP contribution in [0, 0.1) is 10.1 Å². The molecule has 1 aromatic rings. The summed E-state index contributed by atoms with van der Waals surface area (Å²) in [5.41, 5.74) is -0.200. The third-order valence-corrected chi connectivity index (χ3v) is 3.26. The molecule has 0 spiro atoms. The van der Waals surface area contributed by atoms with Crippen molar-refractivity contribution in [3.8, 4) is 0 Å². The molecule has 0 aliphatic carbocycles. The summed E-state index contributed by atoms with van der Waals surface area (Å²) in [4.78, 5) is 33.3. The number of nitro groups is 1. The van der Waals surface area contributed by atoms with Gasteiger partial charge < -0.3 is 10.4 Å². The number of carboxylic acids is 1. The summed E-state index contributed by atoms with van der Waals surface area (Å²) in [6.45, 7) is 1.92. The van der Waals surface area contributed by atoms with Crippen molar-refractivity contribution in [2.45, 2.75) is 32.2 Å². The van der Waals surface area contributed by atoms with Crippen molar-refractivity contribution < 1.29 is 19.6 Å². The van der Waals surface area contributed by atoms with Crippen LogP contribution in [-0.4, -0.2) is 27.9 Å². The summed E-state index contributed by atoms with van der Waals surface area (Å²) in [6.07, 6.45) is 1.78. The van der Waals surface area contributed by atoms with E-state index in [2.05, 4.69) is 21.2 Å². The summed E-state index contributed by atoms with van der Waals surface area (Å²) in [6, 6.07) is 2.78. The Morgan fingerprint density at radius 3 is 2.62 bits per heavy atom. The van der Waals surface area contributed by atoms with E-state index in [1.165, 1.54) is 12.1 Å². The number of hydrogen-bond acceptors (Lipinski definition) is 4. The molecule has 114 valence electrons. The number of nitrogens with zero attached hydrogens (tertiary/aromatic N) is 1. The quantitative estimate of drug-likeness (QED) is 0.575. The van der Waals surface area contributed by atoms with Crippen molar-refractivity contribution in [1.29, 1.82) is 0 Å². The van der Waals surface area contributed by atoms with Gasteiger partial charge in [0.1, 0.15) is 6.04 Å². The van der Waals surface area contributed by atoms with E-state index in [1.807, 2.05) is 6.92 Å². The maximum atomic E-state index is 12.0. The van der Waals surface area contributed by atoms with Gasteiger partial charge in [0, 0.05) is 22.2 Å². The highest BCUT2D eigenvalue weighted by atomic mass is 79.9. The second-order valence-electron chi connectivity index (χ2n) is 4.46. The molecule has 0 heterocycles. The molecule has 1 atom stereocenters. The Bertz CT molecular complexity index is 561. The molecule has 0 aliphatic rings. The Labute approximate surface area is 129 Å². The third kappa shape index (κ3) is 5.14. The fourth-order valence-electron chi connectivity index (χ4n) is 1.72. The highest BCUT2D eigenvalue weighted by molar-refractivity contribution is 9.10. The summed E-state index contributed by atoms with van der Waals surface area (Å²) in [7, 11) is 0. The Kier molecular flexibility index (Phi) is 6.29. The fraction of sp³-hybridized carbons (Fsp3) is 0.385. The van der Waals surface area contributed by atoms with Gasteiger partial charge in [-0.15, -0.1) is 0 Å². The minimum Gasteiger partial charge on any atom is -0.480 e. The van der Waals surface area contributed by atoms with Crippen LogP contribution in [0.3, 0.4) is 0 Å². The number of nitro benzene ring substituents is 1. The number of benzene rings is 1. The van der Waals surface area contributed by atoms with Crippen LogP contribution in [-0.2, 0) is 4.79 Å². The number of non-ortho nitro benzene ring substituents is 1. The molecule has 0 bridgehead atoms. The SMILES string of the molecule is CCCCC(NC(=O)c1cc(Br)cc([N+](=O)[O-])c1)C(=O)O. The van der Waals surface area contributed by atoms with Crippen molar-refractivity contribution in [2.24, 2.45) is 0 Å². The van der Waals surface area contributed by atoms with Gasteiger partial charge in [-0.2, -0.15) is 0 Å².